The van der Waals surface area contributed by atoms with Gasteiger partial charge in [-0.25, -0.2) is 4.79 Å². The minimum absolute atomic E-state index is 0.0441. The maximum atomic E-state index is 11.6. The average molecular weight is 251 g/mol. The molecular weight excluding hydrogens is 234 g/mol. The zero-order valence-electron chi connectivity index (χ0n) is 10.6. The fraction of sp³-hybridized carbons (Fsp3) is 0.417. The number of anilines is 1. The summed E-state index contributed by atoms with van der Waals surface area (Å²) in [7, 11) is 1.33. The summed E-state index contributed by atoms with van der Waals surface area (Å²) in [4.78, 5) is 26.4. The minimum atomic E-state index is -0.613. The van der Waals surface area contributed by atoms with E-state index in [1.54, 1.807) is 6.07 Å². The first kappa shape index (κ1) is 14.0. The fourth-order valence-electron chi connectivity index (χ4n) is 1.46. The number of pyridine rings is 1. The van der Waals surface area contributed by atoms with Gasteiger partial charge in [0.05, 0.1) is 7.11 Å². The van der Waals surface area contributed by atoms with Gasteiger partial charge in [-0.15, -0.1) is 0 Å². The first-order chi connectivity index (χ1) is 8.45. The maximum absolute atomic E-state index is 11.6. The van der Waals surface area contributed by atoms with E-state index in [4.69, 9.17) is 10.5 Å². The molecule has 1 heterocycles. The van der Waals surface area contributed by atoms with E-state index in [9.17, 15) is 9.59 Å². The molecule has 0 saturated heterocycles. The largest absolute Gasteiger partial charge is 0.467 e. The highest BCUT2D eigenvalue weighted by molar-refractivity contribution is 5.91. The van der Waals surface area contributed by atoms with Gasteiger partial charge < -0.3 is 15.8 Å². The molecule has 1 aromatic heterocycles. The Balaban J connectivity index is 2.90. The molecule has 0 aromatic carbocycles. The number of ether oxygens (including phenoxy) is 1. The van der Waals surface area contributed by atoms with Gasteiger partial charge in [0.1, 0.15) is 11.7 Å². The molecule has 0 aliphatic heterocycles. The summed E-state index contributed by atoms with van der Waals surface area (Å²) in [6, 6.07) is 2.67. The van der Waals surface area contributed by atoms with Crippen LogP contribution >= 0.6 is 0 Å². The van der Waals surface area contributed by atoms with Crippen LogP contribution in [-0.2, 0) is 9.53 Å². The van der Waals surface area contributed by atoms with Crippen molar-refractivity contribution in [1.29, 1.82) is 0 Å². The van der Waals surface area contributed by atoms with Gasteiger partial charge in [0.2, 0.25) is 0 Å². The molecule has 18 heavy (non-hydrogen) atoms. The summed E-state index contributed by atoms with van der Waals surface area (Å²) in [5, 5.41) is 3.00. The van der Waals surface area contributed by atoms with Crippen LogP contribution in [0.3, 0.4) is 0 Å². The van der Waals surface area contributed by atoms with E-state index >= 15 is 0 Å². The molecule has 6 heteroatoms. The number of esters is 1. The van der Waals surface area contributed by atoms with Crippen molar-refractivity contribution >= 4 is 17.6 Å². The molecule has 0 radical (unpaired) electrons. The Labute approximate surface area is 106 Å². The second-order valence-electron chi connectivity index (χ2n) is 4.18. The summed E-state index contributed by atoms with van der Waals surface area (Å²) in [6.45, 7) is 3.79. The van der Waals surface area contributed by atoms with Gasteiger partial charge in [0, 0.05) is 11.9 Å². The molecule has 0 fully saturated rings. The molecule has 1 atom stereocenters. The Morgan fingerprint density at radius 3 is 2.61 bits per heavy atom. The predicted molar refractivity (Wildman–Crippen MR) is 67.0 cm³/mol. The third kappa shape index (κ3) is 3.44. The lowest BCUT2D eigenvalue weighted by molar-refractivity contribution is -0.142. The molecular formula is C12H17N3O3. The quantitative estimate of drug-likeness (QED) is 0.754. The lowest BCUT2D eigenvalue weighted by Gasteiger charge is -2.20. The molecule has 98 valence electrons. The highest BCUT2D eigenvalue weighted by Gasteiger charge is 2.22. The van der Waals surface area contributed by atoms with Crippen molar-refractivity contribution in [2.24, 2.45) is 11.7 Å². The van der Waals surface area contributed by atoms with E-state index in [-0.39, 0.29) is 17.6 Å². The Morgan fingerprint density at radius 1 is 1.44 bits per heavy atom. The Morgan fingerprint density at radius 2 is 2.11 bits per heavy atom. The van der Waals surface area contributed by atoms with Crippen LogP contribution in [0.25, 0.3) is 0 Å². The molecule has 1 unspecified atom stereocenters. The number of hydrogen-bond donors (Lipinski definition) is 2. The first-order valence-corrected chi connectivity index (χ1v) is 5.56. The normalized spacial score (nSPS) is 12.0. The number of hydrogen-bond acceptors (Lipinski definition) is 5. The van der Waals surface area contributed by atoms with Crippen LogP contribution in [0.1, 0.15) is 24.3 Å². The Bertz CT molecular complexity index is 446. The zero-order chi connectivity index (χ0) is 13.7. The molecule has 0 spiro atoms. The average Bonchev–Trinajstić information content (AvgIpc) is 2.35. The van der Waals surface area contributed by atoms with E-state index in [1.165, 1.54) is 19.4 Å². The second-order valence-corrected chi connectivity index (χ2v) is 4.18. The molecule has 0 bridgehead atoms. The van der Waals surface area contributed by atoms with Crippen LogP contribution in [-0.4, -0.2) is 30.0 Å². The number of nitrogens with zero attached hydrogens (tertiary/aromatic N) is 1. The summed E-state index contributed by atoms with van der Waals surface area (Å²) in [6.07, 6.45) is 1.46. The molecule has 1 rings (SSSR count). The molecule has 0 aliphatic carbocycles. The van der Waals surface area contributed by atoms with Crippen LogP contribution in [0.4, 0.5) is 5.69 Å². The standard InChI is InChI=1S/C12H17N3O3/c1-7(2)10(12(17)18-3)15-8-4-5-14-9(6-8)11(13)16/h4-7,10H,1-3H3,(H2,13,16)(H,14,15). The van der Waals surface area contributed by atoms with Crippen LogP contribution in [0, 0.1) is 5.92 Å². The van der Waals surface area contributed by atoms with Crippen molar-refractivity contribution in [3.63, 3.8) is 0 Å². The summed E-state index contributed by atoms with van der Waals surface area (Å²) in [5.74, 6) is -0.928. The monoisotopic (exact) mass is 251 g/mol. The molecule has 0 aliphatic rings. The van der Waals surface area contributed by atoms with E-state index in [2.05, 4.69) is 10.3 Å². The van der Waals surface area contributed by atoms with Crippen molar-refractivity contribution in [1.82, 2.24) is 4.98 Å². The predicted octanol–water partition coefficient (Wildman–Crippen LogP) is 0.790. The topological polar surface area (TPSA) is 94.3 Å². The highest BCUT2D eigenvalue weighted by Crippen LogP contribution is 2.14. The van der Waals surface area contributed by atoms with Crippen molar-refractivity contribution < 1.29 is 14.3 Å². The van der Waals surface area contributed by atoms with Gasteiger partial charge in [-0.2, -0.15) is 0 Å². The molecule has 1 aromatic rings. The van der Waals surface area contributed by atoms with Gasteiger partial charge in [-0.3, -0.25) is 9.78 Å². The molecule has 1 amide bonds. The van der Waals surface area contributed by atoms with Gasteiger partial charge in [0.15, 0.2) is 0 Å². The number of carbonyl (C=O) groups excluding carboxylic acids is 2. The van der Waals surface area contributed by atoms with E-state index in [0.29, 0.717) is 5.69 Å². The summed E-state index contributed by atoms with van der Waals surface area (Å²) >= 11 is 0. The second kappa shape index (κ2) is 6.00. The Hall–Kier alpha value is -2.11. The zero-order valence-corrected chi connectivity index (χ0v) is 10.6. The van der Waals surface area contributed by atoms with Gasteiger partial charge in [-0.05, 0) is 18.1 Å². The smallest absolute Gasteiger partial charge is 0.328 e. The summed E-state index contributed by atoms with van der Waals surface area (Å²) in [5.41, 5.74) is 5.88. The number of carbonyl (C=O) groups is 2. The lowest BCUT2D eigenvalue weighted by atomic mass is 10.0. The number of nitrogens with one attached hydrogen (secondary N) is 1. The lowest BCUT2D eigenvalue weighted by Crippen LogP contribution is -2.35. The van der Waals surface area contributed by atoms with Crippen LogP contribution < -0.4 is 11.1 Å². The van der Waals surface area contributed by atoms with Gasteiger partial charge in [-0.1, -0.05) is 13.8 Å². The van der Waals surface area contributed by atoms with Crippen molar-refractivity contribution in [2.75, 3.05) is 12.4 Å². The first-order valence-electron chi connectivity index (χ1n) is 5.56. The SMILES string of the molecule is COC(=O)C(Nc1ccnc(C(N)=O)c1)C(C)C. The maximum Gasteiger partial charge on any atom is 0.328 e. The third-order valence-corrected chi connectivity index (χ3v) is 2.46. The van der Waals surface area contributed by atoms with Crippen LogP contribution in [0.2, 0.25) is 0 Å². The van der Waals surface area contributed by atoms with Crippen molar-refractivity contribution in [2.45, 2.75) is 19.9 Å². The fourth-order valence-corrected chi connectivity index (χ4v) is 1.46. The molecule has 3 N–H and O–H groups in total. The number of amides is 1. The Kier molecular flexibility index (Phi) is 4.65. The van der Waals surface area contributed by atoms with E-state index in [0.717, 1.165) is 0 Å². The third-order valence-electron chi connectivity index (χ3n) is 2.46. The number of primary amides is 1. The summed E-state index contributed by atoms with van der Waals surface area (Å²) < 4.78 is 4.71. The van der Waals surface area contributed by atoms with Gasteiger partial charge in [0.25, 0.3) is 5.91 Å². The van der Waals surface area contributed by atoms with Crippen LogP contribution in [0.15, 0.2) is 18.3 Å². The number of rotatable bonds is 5. The minimum Gasteiger partial charge on any atom is -0.467 e. The number of nitrogens with two attached hydrogens (primary N) is 1. The number of aromatic nitrogens is 1. The molecule has 6 nitrogen and oxygen atoms in total. The highest BCUT2D eigenvalue weighted by atomic mass is 16.5. The van der Waals surface area contributed by atoms with Crippen molar-refractivity contribution in [3.8, 4) is 0 Å². The number of methoxy groups -OCH3 is 1. The van der Waals surface area contributed by atoms with E-state index in [1.807, 2.05) is 13.8 Å². The molecule has 0 saturated carbocycles. The van der Waals surface area contributed by atoms with Gasteiger partial charge >= 0.3 is 5.97 Å². The van der Waals surface area contributed by atoms with Crippen LogP contribution in [0.5, 0.6) is 0 Å². The van der Waals surface area contributed by atoms with E-state index < -0.39 is 11.9 Å². The van der Waals surface area contributed by atoms with Crippen molar-refractivity contribution in [3.05, 3.63) is 24.0 Å².